The topological polar surface area (TPSA) is 103 Å². The van der Waals surface area contributed by atoms with Crippen molar-refractivity contribution in [3.63, 3.8) is 0 Å². The van der Waals surface area contributed by atoms with Crippen molar-refractivity contribution in [3.8, 4) is 6.07 Å². The average Bonchev–Trinajstić information content (AvgIpc) is 3.30. The van der Waals surface area contributed by atoms with Gasteiger partial charge in [-0.2, -0.15) is 5.26 Å². The number of sulfone groups is 1. The van der Waals surface area contributed by atoms with Crippen LogP contribution in [-0.4, -0.2) is 30.5 Å². The van der Waals surface area contributed by atoms with Gasteiger partial charge in [0.25, 0.3) is 0 Å². The number of nitrogens with one attached hydrogen (secondary N) is 1. The summed E-state index contributed by atoms with van der Waals surface area (Å²) in [5, 5.41) is 12.5. The molecule has 9 heteroatoms. The molecule has 3 aromatic rings. The number of thiazole rings is 1. The zero-order valence-corrected chi connectivity index (χ0v) is 20.9. The van der Waals surface area contributed by atoms with Crippen LogP contribution >= 0.6 is 11.3 Å². The van der Waals surface area contributed by atoms with Gasteiger partial charge in [0.15, 0.2) is 15.0 Å². The number of anilines is 1. The molecule has 0 fully saturated rings. The minimum absolute atomic E-state index is 0.146. The maximum Gasteiger partial charge on any atom is 0.230 e. The van der Waals surface area contributed by atoms with E-state index in [0.717, 1.165) is 41.0 Å². The van der Waals surface area contributed by atoms with Crippen LogP contribution in [0.15, 0.2) is 53.4 Å². The van der Waals surface area contributed by atoms with Gasteiger partial charge in [-0.3, -0.25) is 9.69 Å². The predicted molar refractivity (Wildman–Crippen MR) is 132 cm³/mol. The maximum atomic E-state index is 12.6. The highest BCUT2D eigenvalue weighted by Gasteiger charge is 2.36. The molecular formula is C25H26N4O3S2. The van der Waals surface area contributed by atoms with E-state index in [9.17, 15) is 13.2 Å². The molecular weight excluding hydrogens is 468 g/mol. The van der Waals surface area contributed by atoms with Crippen LogP contribution in [0.3, 0.4) is 0 Å². The first kappa shape index (κ1) is 24.1. The molecule has 0 spiro atoms. The summed E-state index contributed by atoms with van der Waals surface area (Å²) < 4.78 is 23.2. The van der Waals surface area contributed by atoms with E-state index in [1.54, 1.807) is 12.1 Å². The number of carbonyl (C=O) groups is 1. The molecule has 0 radical (unpaired) electrons. The van der Waals surface area contributed by atoms with Crippen LogP contribution < -0.4 is 5.32 Å². The van der Waals surface area contributed by atoms with Crippen molar-refractivity contribution in [3.05, 3.63) is 75.8 Å². The van der Waals surface area contributed by atoms with Gasteiger partial charge in [0.1, 0.15) is 0 Å². The molecule has 34 heavy (non-hydrogen) atoms. The number of hydrogen-bond acceptors (Lipinski definition) is 7. The molecule has 0 saturated carbocycles. The molecule has 2 aromatic carbocycles. The molecule has 1 aromatic heterocycles. The quantitative estimate of drug-likeness (QED) is 0.525. The fourth-order valence-corrected chi connectivity index (χ4v) is 5.91. The summed E-state index contributed by atoms with van der Waals surface area (Å²) >= 11 is 1.50. The second-order valence-electron chi connectivity index (χ2n) is 8.87. The average molecular weight is 495 g/mol. The fraction of sp³-hybridized carbons (Fsp3) is 0.320. The predicted octanol–water partition coefficient (Wildman–Crippen LogP) is 4.31. The van der Waals surface area contributed by atoms with E-state index in [-0.39, 0.29) is 23.3 Å². The minimum Gasteiger partial charge on any atom is -0.302 e. The van der Waals surface area contributed by atoms with Crippen molar-refractivity contribution in [1.82, 2.24) is 9.88 Å². The van der Waals surface area contributed by atoms with Crippen molar-refractivity contribution in [2.45, 2.75) is 44.3 Å². The third-order valence-electron chi connectivity index (χ3n) is 5.81. The first-order valence-corrected chi connectivity index (χ1v) is 13.7. The van der Waals surface area contributed by atoms with E-state index in [0.29, 0.717) is 16.6 Å². The molecule has 0 aliphatic carbocycles. The lowest BCUT2D eigenvalue weighted by atomic mass is 10.0. The number of aromatic nitrogens is 1. The molecule has 1 atom stereocenters. The van der Waals surface area contributed by atoms with Crippen LogP contribution in [0.25, 0.3) is 0 Å². The highest BCUT2D eigenvalue weighted by atomic mass is 32.2. The first-order valence-electron chi connectivity index (χ1n) is 11.0. The summed E-state index contributed by atoms with van der Waals surface area (Å²) in [6.07, 6.45) is 1.30. The Bertz CT molecular complexity index is 1340. The summed E-state index contributed by atoms with van der Waals surface area (Å²) in [7, 11) is -3.26. The Kier molecular flexibility index (Phi) is 6.84. The van der Waals surface area contributed by atoms with Gasteiger partial charge in [-0.05, 0) is 41.3 Å². The Labute approximate surface area is 204 Å². The third-order valence-corrected chi connectivity index (χ3v) is 7.91. The van der Waals surface area contributed by atoms with Crippen LogP contribution in [0.1, 0.15) is 47.2 Å². The zero-order valence-electron chi connectivity index (χ0n) is 19.3. The van der Waals surface area contributed by atoms with Gasteiger partial charge in [0.2, 0.25) is 5.91 Å². The number of fused-ring (bicyclic) bond motifs is 1. The number of nitriles is 1. The summed E-state index contributed by atoms with van der Waals surface area (Å²) in [5.41, 5.74) is 3.55. The van der Waals surface area contributed by atoms with E-state index in [2.05, 4.69) is 30.1 Å². The molecule has 1 aliphatic rings. The maximum absolute atomic E-state index is 12.6. The van der Waals surface area contributed by atoms with Gasteiger partial charge in [0, 0.05) is 24.2 Å². The largest absolute Gasteiger partial charge is 0.302 e. The fourth-order valence-electron chi connectivity index (χ4n) is 4.23. The number of rotatable bonds is 7. The third kappa shape index (κ3) is 5.36. The lowest BCUT2D eigenvalue weighted by molar-refractivity contribution is -0.115. The highest BCUT2D eigenvalue weighted by Crippen LogP contribution is 2.43. The van der Waals surface area contributed by atoms with Crippen molar-refractivity contribution in [2.75, 3.05) is 11.6 Å². The van der Waals surface area contributed by atoms with Crippen LogP contribution in [0.4, 0.5) is 5.13 Å². The number of carbonyl (C=O) groups excluding carboxylic acids is 1. The van der Waals surface area contributed by atoms with Crippen molar-refractivity contribution >= 4 is 32.2 Å². The van der Waals surface area contributed by atoms with Gasteiger partial charge >= 0.3 is 0 Å². The second-order valence-corrected chi connectivity index (χ2v) is 12.0. The number of nitrogens with zero attached hydrogens (tertiary/aromatic N) is 3. The molecule has 7 nitrogen and oxygen atoms in total. The van der Waals surface area contributed by atoms with Gasteiger partial charge < -0.3 is 5.32 Å². The lowest BCUT2D eigenvalue weighted by Crippen LogP contribution is -2.26. The van der Waals surface area contributed by atoms with Crippen molar-refractivity contribution in [2.24, 2.45) is 5.92 Å². The van der Waals surface area contributed by atoms with Gasteiger partial charge in [-0.25, -0.2) is 13.4 Å². The normalized spacial score (nSPS) is 15.8. The summed E-state index contributed by atoms with van der Waals surface area (Å²) in [5.74, 6) is 0.161. The van der Waals surface area contributed by atoms with E-state index in [1.807, 2.05) is 24.3 Å². The summed E-state index contributed by atoms with van der Waals surface area (Å²) in [4.78, 5) is 21.1. The second kappa shape index (κ2) is 9.66. The molecule has 0 saturated heterocycles. The van der Waals surface area contributed by atoms with Crippen LogP contribution in [0.2, 0.25) is 0 Å². The summed E-state index contributed by atoms with van der Waals surface area (Å²) in [6.45, 7) is 5.87. The van der Waals surface area contributed by atoms with Gasteiger partial charge in [0.05, 0.1) is 34.7 Å². The minimum atomic E-state index is -3.26. The molecule has 176 valence electrons. The lowest BCUT2D eigenvalue weighted by Gasteiger charge is -2.27. The standard InChI is InChI=1S/C25H26N4O3S2/c1-16(2)24-23-21(15-29(24)14-19-6-4-18(13-26)5-7-19)33-25(28-23)27-22(30)12-17-8-10-20(11-9-17)34(3,31)32/h4-11,16,24H,12,14-15H2,1-3H3,(H,27,28,30)/t24-/m1/s1. The molecule has 1 aliphatic heterocycles. The number of hydrogen-bond donors (Lipinski definition) is 1. The summed E-state index contributed by atoms with van der Waals surface area (Å²) in [6, 6.07) is 16.3. The Morgan fingerprint density at radius 3 is 2.41 bits per heavy atom. The van der Waals surface area contributed by atoms with E-state index in [1.165, 1.54) is 23.5 Å². The van der Waals surface area contributed by atoms with E-state index < -0.39 is 9.84 Å². The van der Waals surface area contributed by atoms with Crippen molar-refractivity contribution < 1.29 is 13.2 Å². The van der Waals surface area contributed by atoms with Gasteiger partial charge in [-0.15, -0.1) is 11.3 Å². The van der Waals surface area contributed by atoms with E-state index >= 15 is 0 Å². The Morgan fingerprint density at radius 1 is 1.18 bits per heavy atom. The Balaban J connectivity index is 1.42. The monoisotopic (exact) mass is 494 g/mol. The molecule has 2 heterocycles. The van der Waals surface area contributed by atoms with Crippen molar-refractivity contribution in [1.29, 1.82) is 5.26 Å². The molecule has 4 rings (SSSR count). The SMILES string of the molecule is CC(C)[C@@H]1c2nc(NC(=O)Cc3ccc(S(C)(=O)=O)cc3)sc2CN1Cc1ccc(C#N)cc1. The molecule has 0 unspecified atom stereocenters. The van der Waals surface area contributed by atoms with Crippen LogP contribution in [0, 0.1) is 17.2 Å². The zero-order chi connectivity index (χ0) is 24.5. The van der Waals surface area contributed by atoms with Crippen LogP contribution in [0.5, 0.6) is 0 Å². The Hall–Kier alpha value is -3.06. The molecule has 0 bridgehead atoms. The van der Waals surface area contributed by atoms with E-state index in [4.69, 9.17) is 10.2 Å². The number of amides is 1. The first-order chi connectivity index (χ1) is 16.1. The Morgan fingerprint density at radius 2 is 1.82 bits per heavy atom. The smallest absolute Gasteiger partial charge is 0.230 e. The molecule has 1 N–H and O–H groups in total. The number of benzene rings is 2. The highest BCUT2D eigenvalue weighted by molar-refractivity contribution is 7.90. The molecule has 1 amide bonds. The van der Waals surface area contributed by atoms with Crippen LogP contribution in [-0.2, 0) is 34.1 Å². The van der Waals surface area contributed by atoms with Gasteiger partial charge in [-0.1, -0.05) is 38.1 Å².